The molecule has 0 saturated carbocycles. The van der Waals surface area contributed by atoms with Gasteiger partial charge in [-0.1, -0.05) is 24.3 Å². The Kier molecular flexibility index (Phi) is 5.76. The molecule has 0 amide bonds. The maximum atomic E-state index is 11.0. The van der Waals surface area contributed by atoms with E-state index in [0.29, 0.717) is 12.1 Å². The van der Waals surface area contributed by atoms with E-state index in [1.165, 1.54) is 12.8 Å². The highest BCUT2D eigenvalue weighted by molar-refractivity contribution is 5.70. The Morgan fingerprint density at radius 2 is 2.10 bits per heavy atom. The van der Waals surface area contributed by atoms with E-state index in [0.717, 1.165) is 30.8 Å². The smallest absolute Gasteiger partial charge is 0.307 e. The van der Waals surface area contributed by atoms with Crippen LogP contribution in [0, 0.1) is 0 Å². The highest BCUT2D eigenvalue weighted by Crippen LogP contribution is 2.16. The second kappa shape index (κ2) is 7.57. The van der Waals surface area contributed by atoms with Crippen molar-refractivity contribution in [2.45, 2.75) is 51.7 Å². The van der Waals surface area contributed by atoms with E-state index in [-0.39, 0.29) is 6.42 Å². The maximum Gasteiger partial charge on any atom is 0.307 e. The van der Waals surface area contributed by atoms with Crippen LogP contribution in [-0.4, -0.2) is 41.1 Å². The van der Waals surface area contributed by atoms with Gasteiger partial charge in [0.25, 0.3) is 0 Å². The van der Waals surface area contributed by atoms with Gasteiger partial charge in [-0.15, -0.1) is 0 Å². The van der Waals surface area contributed by atoms with Crippen molar-refractivity contribution in [2.75, 3.05) is 13.1 Å². The first-order chi connectivity index (χ1) is 10.1. The van der Waals surface area contributed by atoms with Crippen molar-refractivity contribution in [1.82, 2.24) is 10.2 Å². The van der Waals surface area contributed by atoms with E-state index in [2.05, 4.69) is 30.1 Å². The number of benzene rings is 1. The maximum absolute atomic E-state index is 11.0. The number of carboxylic acid groups (broad SMARTS) is 1. The molecule has 1 aliphatic rings. The summed E-state index contributed by atoms with van der Waals surface area (Å²) in [6, 6.07) is 8.91. The van der Waals surface area contributed by atoms with Gasteiger partial charge < -0.3 is 10.4 Å². The third-order valence-electron chi connectivity index (χ3n) is 4.18. The standard InChI is InChI=1S/C17H26N2O2/c1-13(2)19(12-16-8-5-9-18-16)11-15-7-4-3-6-14(15)10-17(20)21/h3-4,6-7,13,16,18H,5,8-12H2,1-2H3,(H,20,21). The van der Waals surface area contributed by atoms with Crippen LogP contribution < -0.4 is 5.32 Å². The minimum absolute atomic E-state index is 0.101. The van der Waals surface area contributed by atoms with Gasteiger partial charge >= 0.3 is 5.97 Å². The lowest BCUT2D eigenvalue weighted by Crippen LogP contribution is -2.41. The van der Waals surface area contributed by atoms with Gasteiger partial charge in [0.05, 0.1) is 6.42 Å². The molecular weight excluding hydrogens is 264 g/mol. The number of nitrogens with zero attached hydrogens (tertiary/aromatic N) is 1. The summed E-state index contributed by atoms with van der Waals surface area (Å²) < 4.78 is 0. The molecule has 1 aromatic carbocycles. The van der Waals surface area contributed by atoms with Crippen molar-refractivity contribution < 1.29 is 9.90 Å². The number of carbonyl (C=O) groups is 1. The molecule has 116 valence electrons. The van der Waals surface area contributed by atoms with Gasteiger partial charge in [-0.3, -0.25) is 9.69 Å². The molecular formula is C17H26N2O2. The Morgan fingerprint density at radius 3 is 2.67 bits per heavy atom. The zero-order chi connectivity index (χ0) is 15.2. The SMILES string of the molecule is CC(C)N(Cc1ccccc1CC(=O)O)CC1CCCN1. The topological polar surface area (TPSA) is 52.6 Å². The molecule has 1 fully saturated rings. The van der Waals surface area contributed by atoms with Gasteiger partial charge in [-0.25, -0.2) is 0 Å². The molecule has 0 bridgehead atoms. The number of hydrogen-bond donors (Lipinski definition) is 2. The summed E-state index contributed by atoms with van der Waals surface area (Å²) in [5.41, 5.74) is 2.06. The van der Waals surface area contributed by atoms with Crippen molar-refractivity contribution >= 4 is 5.97 Å². The summed E-state index contributed by atoms with van der Waals surface area (Å²) >= 11 is 0. The van der Waals surface area contributed by atoms with Crippen LogP contribution in [0.15, 0.2) is 24.3 Å². The molecule has 1 atom stereocenters. The van der Waals surface area contributed by atoms with E-state index in [9.17, 15) is 4.79 Å². The third-order valence-corrected chi connectivity index (χ3v) is 4.18. The van der Waals surface area contributed by atoms with Gasteiger partial charge in [0.15, 0.2) is 0 Å². The molecule has 2 rings (SSSR count). The van der Waals surface area contributed by atoms with Gasteiger partial charge in [0.2, 0.25) is 0 Å². The number of nitrogens with one attached hydrogen (secondary N) is 1. The van der Waals surface area contributed by atoms with Crippen molar-refractivity contribution in [1.29, 1.82) is 0 Å². The molecule has 0 aromatic heterocycles. The van der Waals surface area contributed by atoms with Gasteiger partial charge in [0, 0.05) is 25.2 Å². The predicted molar refractivity (Wildman–Crippen MR) is 84.4 cm³/mol. The molecule has 0 spiro atoms. The van der Waals surface area contributed by atoms with Crippen molar-refractivity contribution in [2.24, 2.45) is 0 Å². The Labute approximate surface area is 127 Å². The Balaban J connectivity index is 2.07. The zero-order valence-corrected chi connectivity index (χ0v) is 13.0. The number of carboxylic acids is 1. The highest BCUT2D eigenvalue weighted by Gasteiger charge is 2.20. The van der Waals surface area contributed by atoms with Crippen LogP contribution in [-0.2, 0) is 17.8 Å². The minimum atomic E-state index is -0.768. The fourth-order valence-electron chi connectivity index (χ4n) is 2.92. The molecule has 1 aliphatic heterocycles. The summed E-state index contributed by atoms with van der Waals surface area (Å²) in [6.45, 7) is 7.37. The van der Waals surface area contributed by atoms with Gasteiger partial charge in [0.1, 0.15) is 0 Å². The van der Waals surface area contributed by atoms with Crippen LogP contribution in [0.5, 0.6) is 0 Å². The second-order valence-corrected chi connectivity index (χ2v) is 6.16. The van der Waals surface area contributed by atoms with Crippen molar-refractivity contribution in [3.05, 3.63) is 35.4 Å². The summed E-state index contributed by atoms with van der Waals surface area (Å²) in [5, 5.41) is 12.6. The van der Waals surface area contributed by atoms with Crippen LogP contribution in [0.3, 0.4) is 0 Å². The molecule has 0 aliphatic carbocycles. The predicted octanol–water partition coefficient (Wildman–Crippen LogP) is 2.28. The van der Waals surface area contributed by atoms with Crippen LogP contribution in [0.25, 0.3) is 0 Å². The normalized spacial score (nSPS) is 18.6. The van der Waals surface area contributed by atoms with E-state index in [4.69, 9.17) is 5.11 Å². The first-order valence-electron chi connectivity index (χ1n) is 7.82. The monoisotopic (exact) mass is 290 g/mol. The lowest BCUT2D eigenvalue weighted by molar-refractivity contribution is -0.136. The van der Waals surface area contributed by atoms with E-state index in [1.54, 1.807) is 0 Å². The van der Waals surface area contributed by atoms with Crippen molar-refractivity contribution in [3.8, 4) is 0 Å². The first-order valence-corrected chi connectivity index (χ1v) is 7.82. The van der Waals surface area contributed by atoms with Gasteiger partial charge in [-0.2, -0.15) is 0 Å². The average molecular weight is 290 g/mol. The molecule has 21 heavy (non-hydrogen) atoms. The third kappa shape index (κ3) is 4.83. The molecule has 4 nitrogen and oxygen atoms in total. The minimum Gasteiger partial charge on any atom is -0.481 e. The van der Waals surface area contributed by atoms with E-state index < -0.39 is 5.97 Å². The quantitative estimate of drug-likeness (QED) is 0.809. The molecule has 1 aromatic rings. The first kappa shape index (κ1) is 16.0. The molecule has 2 N–H and O–H groups in total. The van der Waals surface area contributed by atoms with Gasteiger partial charge in [-0.05, 0) is 44.4 Å². The van der Waals surface area contributed by atoms with Crippen molar-refractivity contribution in [3.63, 3.8) is 0 Å². The summed E-state index contributed by atoms with van der Waals surface area (Å²) in [6.07, 6.45) is 2.59. The Morgan fingerprint density at radius 1 is 1.38 bits per heavy atom. The van der Waals surface area contributed by atoms with E-state index in [1.807, 2.05) is 18.2 Å². The lowest BCUT2D eigenvalue weighted by Gasteiger charge is -2.30. The number of aliphatic carboxylic acids is 1. The molecule has 1 saturated heterocycles. The second-order valence-electron chi connectivity index (χ2n) is 6.16. The number of rotatable bonds is 7. The van der Waals surface area contributed by atoms with E-state index >= 15 is 0 Å². The lowest BCUT2D eigenvalue weighted by atomic mass is 10.0. The summed E-state index contributed by atoms with van der Waals surface area (Å²) in [4.78, 5) is 13.4. The van der Waals surface area contributed by atoms with Crippen LogP contribution >= 0.6 is 0 Å². The number of hydrogen-bond acceptors (Lipinski definition) is 3. The molecule has 1 unspecified atom stereocenters. The highest BCUT2D eigenvalue weighted by atomic mass is 16.4. The Hall–Kier alpha value is -1.39. The van der Waals surface area contributed by atoms with Crippen LogP contribution in [0.4, 0.5) is 0 Å². The fraction of sp³-hybridized carbons (Fsp3) is 0.588. The van der Waals surface area contributed by atoms with Crippen LogP contribution in [0.1, 0.15) is 37.8 Å². The Bertz CT molecular complexity index is 468. The summed E-state index contributed by atoms with van der Waals surface area (Å²) in [5.74, 6) is -0.768. The zero-order valence-electron chi connectivity index (χ0n) is 13.0. The molecule has 4 heteroatoms. The van der Waals surface area contributed by atoms with Crippen LogP contribution in [0.2, 0.25) is 0 Å². The fourth-order valence-corrected chi connectivity index (χ4v) is 2.92. The average Bonchev–Trinajstić information content (AvgIpc) is 2.92. The molecule has 1 heterocycles. The molecule has 0 radical (unpaired) electrons. The largest absolute Gasteiger partial charge is 0.481 e. The summed E-state index contributed by atoms with van der Waals surface area (Å²) in [7, 11) is 0.